The highest BCUT2D eigenvalue weighted by Gasteiger charge is 2.06. The predicted molar refractivity (Wildman–Crippen MR) is 76.9 cm³/mol. The van der Waals surface area contributed by atoms with E-state index in [0.29, 0.717) is 12.1 Å². The summed E-state index contributed by atoms with van der Waals surface area (Å²) in [5.74, 6) is 0.653. The molecule has 20 heavy (non-hydrogen) atoms. The summed E-state index contributed by atoms with van der Waals surface area (Å²) in [7, 11) is 4.03. The summed E-state index contributed by atoms with van der Waals surface area (Å²) >= 11 is 0. The number of pyridine rings is 1. The number of nitrogens with zero attached hydrogens (tertiary/aromatic N) is 4. The van der Waals surface area contributed by atoms with Gasteiger partial charge in [-0.3, -0.25) is 9.36 Å². The number of carbonyl (C=O) groups is 1. The van der Waals surface area contributed by atoms with Crippen LogP contribution in [-0.4, -0.2) is 52.5 Å². The Morgan fingerprint density at radius 3 is 2.85 bits per heavy atom. The van der Waals surface area contributed by atoms with E-state index in [9.17, 15) is 4.79 Å². The van der Waals surface area contributed by atoms with Crippen LogP contribution in [0, 0.1) is 0 Å². The highest BCUT2D eigenvalue weighted by Crippen LogP contribution is 2.05. The summed E-state index contributed by atoms with van der Waals surface area (Å²) in [6.45, 7) is 1.62. The van der Waals surface area contributed by atoms with E-state index in [4.69, 9.17) is 0 Å². The maximum atomic E-state index is 11.9. The van der Waals surface area contributed by atoms with Gasteiger partial charge in [0.1, 0.15) is 12.1 Å². The Bertz CT molecular complexity index is 533. The lowest BCUT2D eigenvalue weighted by atomic mass is 10.2. The van der Waals surface area contributed by atoms with Crippen molar-refractivity contribution < 1.29 is 4.79 Å². The number of rotatable bonds is 6. The summed E-state index contributed by atoms with van der Waals surface area (Å²) in [4.78, 5) is 22.2. The number of amides is 1. The Hall–Kier alpha value is -2.21. The molecule has 1 N–H and O–H groups in total. The van der Waals surface area contributed by atoms with Crippen LogP contribution >= 0.6 is 0 Å². The first-order valence-corrected chi connectivity index (χ1v) is 6.54. The van der Waals surface area contributed by atoms with E-state index in [2.05, 4.69) is 20.2 Å². The Kier molecular flexibility index (Phi) is 4.84. The Balaban J connectivity index is 1.88. The van der Waals surface area contributed by atoms with Crippen molar-refractivity contribution >= 4 is 5.91 Å². The minimum absolute atomic E-state index is 0.0894. The number of nitrogens with one attached hydrogen (secondary N) is 1. The molecule has 0 bridgehead atoms. The molecule has 6 nitrogen and oxygen atoms in total. The molecule has 0 aromatic carbocycles. The van der Waals surface area contributed by atoms with Gasteiger partial charge in [-0.1, -0.05) is 0 Å². The van der Waals surface area contributed by atoms with Crippen molar-refractivity contribution in [1.82, 2.24) is 24.8 Å². The topological polar surface area (TPSA) is 63.1 Å². The second-order valence-corrected chi connectivity index (χ2v) is 4.79. The van der Waals surface area contributed by atoms with Gasteiger partial charge in [-0.15, -0.1) is 0 Å². The maximum absolute atomic E-state index is 11.9. The maximum Gasteiger partial charge on any atom is 0.252 e. The normalized spacial score (nSPS) is 10.8. The van der Waals surface area contributed by atoms with Crippen molar-refractivity contribution in [3.63, 3.8) is 0 Å². The lowest BCUT2D eigenvalue weighted by Crippen LogP contribution is -2.27. The molecule has 2 aromatic rings. The van der Waals surface area contributed by atoms with Crippen LogP contribution in [0.15, 0.2) is 37.1 Å². The predicted octanol–water partition coefficient (Wildman–Crippen LogP) is 0.949. The van der Waals surface area contributed by atoms with Crippen molar-refractivity contribution in [3.05, 3.63) is 42.6 Å². The molecule has 0 fully saturated rings. The smallest absolute Gasteiger partial charge is 0.252 e. The lowest BCUT2D eigenvalue weighted by Gasteiger charge is -2.10. The second-order valence-electron chi connectivity index (χ2n) is 4.79. The quantitative estimate of drug-likeness (QED) is 0.796. The molecule has 0 aliphatic heterocycles. The SMILES string of the molecule is CN(C)CCCNC(=O)c1ccc(-n2ccnc2)nc1. The molecule has 0 aliphatic rings. The third kappa shape index (κ3) is 3.89. The van der Waals surface area contributed by atoms with Gasteiger partial charge >= 0.3 is 0 Å². The molecule has 0 unspecified atom stereocenters. The molecular formula is C14H19N5O. The fourth-order valence-electron chi connectivity index (χ4n) is 1.77. The van der Waals surface area contributed by atoms with Crippen LogP contribution in [0.4, 0.5) is 0 Å². The molecule has 106 valence electrons. The van der Waals surface area contributed by atoms with Crippen LogP contribution in [0.2, 0.25) is 0 Å². The van der Waals surface area contributed by atoms with Gasteiger partial charge in [0.25, 0.3) is 5.91 Å². The van der Waals surface area contributed by atoms with E-state index in [-0.39, 0.29) is 5.91 Å². The Morgan fingerprint density at radius 2 is 2.25 bits per heavy atom. The zero-order valence-electron chi connectivity index (χ0n) is 11.8. The van der Waals surface area contributed by atoms with Gasteiger partial charge in [0.2, 0.25) is 0 Å². The Morgan fingerprint density at radius 1 is 1.40 bits per heavy atom. The first-order chi connectivity index (χ1) is 9.66. The van der Waals surface area contributed by atoms with E-state index >= 15 is 0 Å². The van der Waals surface area contributed by atoms with Crippen molar-refractivity contribution in [3.8, 4) is 5.82 Å². The number of imidazole rings is 1. The van der Waals surface area contributed by atoms with Crippen LogP contribution in [0.1, 0.15) is 16.8 Å². The van der Waals surface area contributed by atoms with Crippen molar-refractivity contribution in [2.45, 2.75) is 6.42 Å². The largest absolute Gasteiger partial charge is 0.352 e. The summed E-state index contributed by atoms with van der Waals surface area (Å²) in [5, 5.41) is 2.88. The average Bonchev–Trinajstić information content (AvgIpc) is 2.97. The molecule has 0 atom stereocenters. The third-order valence-electron chi connectivity index (χ3n) is 2.85. The summed E-state index contributed by atoms with van der Waals surface area (Å²) in [6, 6.07) is 3.57. The molecule has 0 aliphatic carbocycles. The zero-order chi connectivity index (χ0) is 14.4. The molecule has 0 spiro atoms. The van der Waals surface area contributed by atoms with Gasteiger partial charge in [0, 0.05) is 25.1 Å². The number of hydrogen-bond donors (Lipinski definition) is 1. The fraction of sp³-hybridized carbons (Fsp3) is 0.357. The molecule has 0 radical (unpaired) electrons. The van der Waals surface area contributed by atoms with Gasteiger partial charge in [0.15, 0.2) is 0 Å². The minimum atomic E-state index is -0.0894. The van der Waals surface area contributed by atoms with Gasteiger partial charge in [-0.2, -0.15) is 0 Å². The monoisotopic (exact) mass is 273 g/mol. The number of aromatic nitrogens is 3. The first kappa shape index (κ1) is 14.2. The van der Waals surface area contributed by atoms with Crippen LogP contribution in [0.3, 0.4) is 0 Å². The molecular weight excluding hydrogens is 254 g/mol. The van der Waals surface area contributed by atoms with Gasteiger partial charge in [-0.25, -0.2) is 9.97 Å². The Labute approximate surface area is 118 Å². The molecule has 2 heterocycles. The molecule has 0 saturated heterocycles. The van der Waals surface area contributed by atoms with Crippen LogP contribution in [0.25, 0.3) is 5.82 Å². The lowest BCUT2D eigenvalue weighted by molar-refractivity contribution is 0.0952. The molecule has 1 amide bonds. The number of hydrogen-bond acceptors (Lipinski definition) is 4. The van der Waals surface area contributed by atoms with Crippen LogP contribution in [0.5, 0.6) is 0 Å². The third-order valence-corrected chi connectivity index (χ3v) is 2.85. The van der Waals surface area contributed by atoms with Gasteiger partial charge in [-0.05, 0) is 39.2 Å². The van der Waals surface area contributed by atoms with Crippen molar-refractivity contribution in [2.75, 3.05) is 27.2 Å². The zero-order valence-corrected chi connectivity index (χ0v) is 11.8. The van der Waals surface area contributed by atoms with E-state index in [1.54, 1.807) is 35.4 Å². The van der Waals surface area contributed by atoms with E-state index in [0.717, 1.165) is 18.8 Å². The summed E-state index contributed by atoms with van der Waals surface area (Å²) < 4.78 is 1.79. The highest BCUT2D eigenvalue weighted by molar-refractivity contribution is 5.93. The molecule has 2 rings (SSSR count). The fourth-order valence-corrected chi connectivity index (χ4v) is 1.77. The van der Waals surface area contributed by atoms with Crippen LogP contribution < -0.4 is 5.32 Å². The van der Waals surface area contributed by atoms with E-state index in [1.165, 1.54) is 0 Å². The molecule has 0 saturated carbocycles. The van der Waals surface area contributed by atoms with Crippen LogP contribution in [-0.2, 0) is 0 Å². The van der Waals surface area contributed by atoms with E-state index < -0.39 is 0 Å². The molecule has 2 aromatic heterocycles. The summed E-state index contributed by atoms with van der Waals surface area (Å²) in [5.41, 5.74) is 0.568. The highest BCUT2D eigenvalue weighted by atomic mass is 16.1. The standard InChI is InChI=1S/C14H19N5O/c1-18(2)8-3-6-16-14(20)12-4-5-13(17-10-12)19-9-7-15-11-19/h4-5,7,9-11H,3,6,8H2,1-2H3,(H,16,20). The van der Waals surface area contributed by atoms with Gasteiger partial charge in [0.05, 0.1) is 5.56 Å². The minimum Gasteiger partial charge on any atom is -0.352 e. The van der Waals surface area contributed by atoms with Crippen molar-refractivity contribution in [2.24, 2.45) is 0 Å². The second kappa shape index (κ2) is 6.81. The number of carbonyl (C=O) groups excluding carboxylic acids is 1. The van der Waals surface area contributed by atoms with Gasteiger partial charge < -0.3 is 10.2 Å². The van der Waals surface area contributed by atoms with E-state index in [1.807, 2.05) is 20.3 Å². The van der Waals surface area contributed by atoms with Crippen molar-refractivity contribution in [1.29, 1.82) is 0 Å². The average molecular weight is 273 g/mol. The molecule has 6 heteroatoms. The summed E-state index contributed by atoms with van der Waals surface area (Å²) in [6.07, 6.45) is 7.68. The first-order valence-electron chi connectivity index (χ1n) is 6.54.